The Labute approximate surface area is 222 Å². The molecule has 1 N–H and O–H groups in total. The third-order valence-electron chi connectivity index (χ3n) is 5.85. The molecule has 2 aromatic carbocycles. The fourth-order valence-corrected chi connectivity index (χ4v) is 4.25. The van der Waals surface area contributed by atoms with Crippen LogP contribution in [0.25, 0.3) is 0 Å². The zero-order chi connectivity index (χ0) is 25.5. The molecule has 0 atom stereocenters. The van der Waals surface area contributed by atoms with E-state index in [0.717, 1.165) is 15.6 Å². The Hall–Kier alpha value is -3.35. The predicted octanol–water partition coefficient (Wildman–Crippen LogP) is 3.47. The van der Waals surface area contributed by atoms with Gasteiger partial charge in [0.2, 0.25) is 17.8 Å². The van der Waals surface area contributed by atoms with Gasteiger partial charge in [-0.05, 0) is 35.9 Å². The first kappa shape index (κ1) is 25.3. The SMILES string of the molecule is Fc1ccc(COc2ccc(Br)cc2/C=N/Nc2nc(N3CCOCC3)nc(N3CCOCC3)n2)cc1. The van der Waals surface area contributed by atoms with Crippen molar-refractivity contribution < 1.29 is 18.6 Å². The molecular weight excluding hydrogens is 545 g/mol. The van der Waals surface area contributed by atoms with Crippen molar-refractivity contribution in [3.63, 3.8) is 0 Å². The van der Waals surface area contributed by atoms with E-state index in [4.69, 9.17) is 19.2 Å². The fraction of sp³-hybridized carbons (Fsp3) is 0.360. The molecule has 37 heavy (non-hydrogen) atoms. The van der Waals surface area contributed by atoms with Crippen LogP contribution in [0, 0.1) is 5.82 Å². The van der Waals surface area contributed by atoms with Crippen molar-refractivity contribution in [2.45, 2.75) is 6.61 Å². The lowest BCUT2D eigenvalue weighted by Gasteiger charge is -2.30. The fourth-order valence-electron chi connectivity index (χ4n) is 3.87. The topological polar surface area (TPSA) is 97.2 Å². The second-order valence-corrected chi connectivity index (χ2v) is 9.34. The van der Waals surface area contributed by atoms with Crippen molar-refractivity contribution in [3.05, 3.63) is 63.9 Å². The van der Waals surface area contributed by atoms with E-state index in [-0.39, 0.29) is 5.82 Å². The molecule has 0 spiro atoms. The van der Waals surface area contributed by atoms with Crippen LogP contribution in [-0.4, -0.2) is 73.8 Å². The molecule has 3 aromatic rings. The van der Waals surface area contributed by atoms with E-state index in [2.05, 4.69) is 46.2 Å². The lowest BCUT2D eigenvalue weighted by atomic mass is 10.2. The molecule has 12 heteroatoms. The number of morpholine rings is 2. The molecule has 0 unspecified atom stereocenters. The number of anilines is 3. The second kappa shape index (κ2) is 12.3. The number of nitrogens with zero attached hydrogens (tertiary/aromatic N) is 6. The van der Waals surface area contributed by atoms with E-state index in [1.807, 2.05) is 18.2 Å². The number of rotatable bonds is 8. The van der Waals surface area contributed by atoms with Gasteiger partial charge in [0, 0.05) is 36.2 Å². The first-order chi connectivity index (χ1) is 18.1. The van der Waals surface area contributed by atoms with Gasteiger partial charge >= 0.3 is 0 Å². The lowest BCUT2D eigenvalue weighted by molar-refractivity contribution is 0.121. The second-order valence-electron chi connectivity index (χ2n) is 8.43. The molecule has 194 valence electrons. The smallest absolute Gasteiger partial charge is 0.250 e. The number of hydrogen-bond acceptors (Lipinski definition) is 10. The summed E-state index contributed by atoms with van der Waals surface area (Å²) in [6, 6.07) is 11.9. The van der Waals surface area contributed by atoms with E-state index >= 15 is 0 Å². The highest BCUT2D eigenvalue weighted by Crippen LogP contribution is 2.23. The van der Waals surface area contributed by atoms with Gasteiger partial charge < -0.3 is 24.0 Å². The normalized spacial score (nSPS) is 16.3. The molecule has 3 heterocycles. The summed E-state index contributed by atoms with van der Waals surface area (Å²) in [4.78, 5) is 18.1. The average Bonchev–Trinajstić information content (AvgIpc) is 2.94. The van der Waals surface area contributed by atoms with Gasteiger partial charge in [-0.3, -0.25) is 0 Å². The number of ether oxygens (including phenoxy) is 3. The van der Waals surface area contributed by atoms with E-state index in [1.165, 1.54) is 12.1 Å². The van der Waals surface area contributed by atoms with Crippen molar-refractivity contribution in [3.8, 4) is 5.75 Å². The number of aromatic nitrogens is 3. The van der Waals surface area contributed by atoms with Gasteiger partial charge in [-0.2, -0.15) is 20.1 Å². The van der Waals surface area contributed by atoms with Crippen molar-refractivity contribution in [2.75, 3.05) is 67.8 Å². The van der Waals surface area contributed by atoms with Crippen LogP contribution < -0.4 is 20.0 Å². The zero-order valence-electron chi connectivity index (χ0n) is 20.1. The maximum absolute atomic E-state index is 13.2. The Bertz CT molecular complexity index is 1180. The number of nitrogens with one attached hydrogen (secondary N) is 1. The molecule has 0 aliphatic carbocycles. The highest BCUT2D eigenvalue weighted by Gasteiger charge is 2.20. The largest absolute Gasteiger partial charge is 0.488 e. The third-order valence-corrected chi connectivity index (χ3v) is 6.34. The molecule has 0 amide bonds. The van der Waals surface area contributed by atoms with Crippen LogP contribution in [0.1, 0.15) is 11.1 Å². The minimum Gasteiger partial charge on any atom is -0.488 e. The zero-order valence-corrected chi connectivity index (χ0v) is 21.7. The van der Waals surface area contributed by atoms with E-state index in [9.17, 15) is 4.39 Å². The summed E-state index contributed by atoms with van der Waals surface area (Å²) < 4.78 is 31.0. The van der Waals surface area contributed by atoms with Crippen LogP contribution >= 0.6 is 15.9 Å². The van der Waals surface area contributed by atoms with Crippen LogP contribution in [-0.2, 0) is 16.1 Å². The highest BCUT2D eigenvalue weighted by molar-refractivity contribution is 9.10. The van der Waals surface area contributed by atoms with Crippen molar-refractivity contribution in [1.29, 1.82) is 0 Å². The predicted molar refractivity (Wildman–Crippen MR) is 142 cm³/mol. The maximum Gasteiger partial charge on any atom is 0.250 e. The van der Waals surface area contributed by atoms with E-state index in [1.54, 1.807) is 18.3 Å². The van der Waals surface area contributed by atoms with Crippen LogP contribution in [0.4, 0.5) is 22.2 Å². The standard InChI is InChI=1S/C25H27BrFN7O3/c26-20-3-6-22(37-17-18-1-4-21(27)5-2-18)19(15-20)16-28-32-23-29-24(33-7-11-35-12-8-33)31-25(30-23)34-9-13-36-14-10-34/h1-6,15-16H,7-14,17H2,(H,29,30,31,32)/b28-16+. The summed E-state index contributed by atoms with van der Waals surface area (Å²) in [7, 11) is 0. The summed E-state index contributed by atoms with van der Waals surface area (Å²) in [6.45, 7) is 5.65. The Morgan fingerprint density at radius 2 is 1.54 bits per heavy atom. The van der Waals surface area contributed by atoms with Crippen LogP contribution in [0.3, 0.4) is 0 Å². The molecule has 0 saturated carbocycles. The first-order valence-electron chi connectivity index (χ1n) is 12.0. The van der Waals surface area contributed by atoms with Gasteiger partial charge in [-0.1, -0.05) is 28.1 Å². The van der Waals surface area contributed by atoms with Crippen molar-refractivity contribution in [1.82, 2.24) is 15.0 Å². The molecule has 2 aliphatic rings. The Morgan fingerprint density at radius 3 is 2.16 bits per heavy atom. The highest BCUT2D eigenvalue weighted by atomic mass is 79.9. The molecular formula is C25H27BrFN7O3. The summed E-state index contributed by atoms with van der Waals surface area (Å²) in [6.07, 6.45) is 1.65. The molecule has 0 bridgehead atoms. The minimum absolute atomic E-state index is 0.279. The summed E-state index contributed by atoms with van der Waals surface area (Å²) in [5.41, 5.74) is 4.57. The minimum atomic E-state index is -0.279. The van der Waals surface area contributed by atoms with Gasteiger partial charge in [-0.25, -0.2) is 9.82 Å². The molecule has 0 radical (unpaired) electrons. The molecule has 2 fully saturated rings. The number of hydrazone groups is 1. The number of halogens is 2. The average molecular weight is 572 g/mol. The van der Waals surface area contributed by atoms with Gasteiger partial charge in [0.15, 0.2) is 0 Å². The van der Waals surface area contributed by atoms with Gasteiger partial charge in [-0.15, -0.1) is 0 Å². The van der Waals surface area contributed by atoms with Crippen molar-refractivity contribution >= 4 is 40.0 Å². The molecule has 5 rings (SSSR count). The van der Waals surface area contributed by atoms with Crippen LogP contribution in [0.15, 0.2) is 52.0 Å². The van der Waals surface area contributed by atoms with Crippen molar-refractivity contribution in [2.24, 2.45) is 5.10 Å². The van der Waals surface area contributed by atoms with Crippen LogP contribution in [0.5, 0.6) is 5.75 Å². The Balaban J connectivity index is 1.33. The summed E-state index contributed by atoms with van der Waals surface area (Å²) in [5, 5.41) is 4.39. The van der Waals surface area contributed by atoms with E-state index in [0.29, 0.717) is 82.8 Å². The van der Waals surface area contributed by atoms with E-state index < -0.39 is 0 Å². The summed E-state index contributed by atoms with van der Waals surface area (Å²) in [5.74, 6) is 1.87. The lowest BCUT2D eigenvalue weighted by Crippen LogP contribution is -2.40. The monoisotopic (exact) mass is 571 g/mol. The Morgan fingerprint density at radius 1 is 0.919 bits per heavy atom. The summed E-state index contributed by atoms with van der Waals surface area (Å²) >= 11 is 3.50. The first-order valence-corrected chi connectivity index (χ1v) is 12.8. The molecule has 2 saturated heterocycles. The number of hydrogen-bond donors (Lipinski definition) is 1. The van der Waals surface area contributed by atoms with Crippen LogP contribution in [0.2, 0.25) is 0 Å². The number of benzene rings is 2. The Kier molecular flexibility index (Phi) is 8.39. The van der Waals surface area contributed by atoms with Gasteiger partial charge in [0.1, 0.15) is 18.2 Å². The van der Waals surface area contributed by atoms with Gasteiger partial charge in [0.25, 0.3) is 0 Å². The quantitative estimate of drug-likeness (QED) is 0.322. The maximum atomic E-state index is 13.2. The third kappa shape index (κ3) is 6.90. The molecule has 1 aromatic heterocycles. The molecule has 10 nitrogen and oxygen atoms in total. The molecule has 2 aliphatic heterocycles. The van der Waals surface area contributed by atoms with Gasteiger partial charge in [0.05, 0.1) is 32.6 Å².